The highest BCUT2D eigenvalue weighted by Crippen LogP contribution is 2.31. The summed E-state index contributed by atoms with van der Waals surface area (Å²) in [5.74, 6) is 0.173. The number of rotatable bonds is 2. The third-order valence-corrected chi connectivity index (χ3v) is 2.54. The fourth-order valence-electron chi connectivity index (χ4n) is 1.74. The number of hydrogen-bond acceptors (Lipinski definition) is 2. The van der Waals surface area contributed by atoms with Crippen molar-refractivity contribution in [3.05, 3.63) is 53.6 Å². The molecule has 0 atom stereocenters. The molecule has 0 bridgehead atoms. The Morgan fingerprint density at radius 2 is 2.00 bits per heavy atom. The van der Waals surface area contributed by atoms with Gasteiger partial charge in [0.15, 0.2) is 6.29 Å². The third-order valence-electron chi connectivity index (χ3n) is 2.54. The van der Waals surface area contributed by atoms with E-state index < -0.39 is 0 Å². The van der Waals surface area contributed by atoms with E-state index in [9.17, 15) is 9.90 Å². The molecule has 1 aliphatic rings. The molecule has 0 aliphatic heterocycles. The SMILES string of the molecule is O=Cc1cccc(C2C=CCC=C2)c1O. The molecule has 0 saturated heterocycles. The number of aldehydes is 1. The Kier molecular flexibility index (Phi) is 2.68. The van der Waals surface area contributed by atoms with Crippen LogP contribution in [0.4, 0.5) is 0 Å². The van der Waals surface area contributed by atoms with Gasteiger partial charge >= 0.3 is 0 Å². The molecule has 1 aromatic carbocycles. The molecule has 1 aliphatic carbocycles. The number of carbonyl (C=O) groups excluding carboxylic acids is 1. The first-order chi connectivity index (χ1) is 7.33. The largest absolute Gasteiger partial charge is 0.507 e. The summed E-state index contributed by atoms with van der Waals surface area (Å²) in [5, 5.41) is 9.84. The summed E-state index contributed by atoms with van der Waals surface area (Å²) in [6.45, 7) is 0. The van der Waals surface area contributed by atoms with Gasteiger partial charge in [0.1, 0.15) is 5.75 Å². The molecular formula is C13H12O2. The summed E-state index contributed by atoms with van der Waals surface area (Å²) < 4.78 is 0. The van der Waals surface area contributed by atoms with Gasteiger partial charge in [-0.1, -0.05) is 36.4 Å². The summed E-state index contributed by atoms with van der Waals surface area (Å²) in [6.07, 6.45) is 9.78. The Bertz CT molecular complexity index is 418. The molecule has 0 saturated carbocycles. The Hall–Kier alpha value is -1.83. The molecule has 0 fully saturated rings. The zero-order chi connectivity index (χ0) is 10.7. The van der Waals surface area contributed by atoms with Crippen LogP contribution in [-0.4, -0.2) is 11.4 Å². The minimum absolute atomic E-state index is 0.0821. The van der Waals surface area contributed by atoms with Crippen LogP contribution in [0.25, 0.3) is 0 Å². The van der Waals surface area contributed by atoms with Gasteiger partial charge in [-0.05, 0) is 12.5 Å². The second-order valence-electron chi connectivity index (χ2n) is 3.52. The highest BCUT2D eigenvalue weighted by Gasteiger charge is 2.13. The van der Waals surface area contributed by atoms with Gasteiger partial charge < -0.3 is 5.11 Å². The van der Waals surface area contributed by atoms with Crippen molar-refractivity contribution in [2.45, 2.75) is 12.3 Å². The number of aromatic hydroxyl groups is 1. The van der Waals surface area contributed by atoms with Crippen molar-refractivity contribution in [3.8, 4) is 5.75 Å². The predicted molar refractivity (Wildman–Crippen MR) is 59.1 cm³/mol. The maximum Gasteiger partial charge on any atom is 0.153 e. The van der Waals surface area contributed by atoms with Crippen LogP contribution in [0.5, 0.6) is 5.75 Å². The van der Waals surface area contributed by atoms with E-state index in [1.165, 1.54) is 0 Å². The number of para-hydroxylation sites is 1. The summed E-state index contributed by atoms with van der Waals surface area (Å²) >= 11 is 0. The molecule has 15 heavy (non-hydrogen) atoms. The molecule has 76 valence electrons. The number of allylic oxidation sites excluding steroid dienone is 4. The molecule has 0 heterocycles. The van der Waals surface area contributed by atoms with Gasteiger partial charge in [0, 0.05) is 11.5 Å². The van der Waals surface area contributed by atoms with Crippen LogP contribution >= 0.6 is 0 Å². The minimum Gasteiger partial charge on any atom is -0.507 e. The Morgan fingerprint density at radius 1 is 1.27 bits per heavy atom. The lowest BCUT2D eigenvalue weighted by atomic mass is 9.92. The summed E-state index contributed by atoms with van der Waals surface area (Å²) in [6, 6.07) is 5.24. The lowest BCUT2D eigenvalue weighted by Gasteiger charge is -2.13. The van der Waals surface area contributed by atoms with Gasteiger partial charge in [0.05, 0.1) is 5.56 Å². The number of carbonyl (C=O) groups is 1. The van der Waals surface area contributed by atoms with Gasteiger partial charge in [-0.15, -0.1) is 0 Å². The predicted octanol–water partition coefficient (Wildman–Crippen LogP) is 2.80. The van der Waals surface area contributed by atoms with E-state index in [0.717, 1.165) is 12.0 Å². The second-order valence-corrected chi connectivity index (χ2v) is 3.52. The summed E-state index contributed by atoms with van der Waals surface area (Å²) in [5.41, 5.74) is 1.13. The Morgan fingerprint density at radius 3 is 2.67 bits per heavy atom. The van der Waals surface area contributed by atoms with Gasteiger partial charge in [0.2, 0.25) is 0 Å². The van der Waals surface area contributed by atoms with Crippen molar-refractivity contribution >= 4 is 6.29 Å². The van der Waals surface area contributed by atoms with E-state index in [2.05, 4.69) is 12.2 Å². The first-order valence-corrected chi connectivity index (χ1v) is 4.93. The molecule has 0 amide bonds. The van der Waals surface area contributed by atoms with Crippen molar-refractivity contribution < 1.29 is 9.90 Å². The summed E-state index contributed by atoms with van der Waals surface area (Å²) in [4.78, 5) is 10.7. The van der Waals surface area contributed by atoms with Crippen molar-refractivity contribution in [2.75, 3.05) is 0 Å². The number of benzene rings is 1. The maximum atomic E-state index is 10.7. The van der Waals surface area contributed by atoms with E-state index in [1.54, 1.807) is 12.1 Å². The van der Waals surface area contributed by atoms with Crippen LogP contribution in [0.3, 0.4) is 0 Å². The second kappa shape index (κ2) is 4.13. The minimum atomic E-state index is 0.0821. The molecule has 2 rings (SSSR count). The number of phenolic OH excluding ortho intramolecular Hbond substituents is 1. The van der Waals surface area contributed by atoms with Crippen LogP contribution in [0, 0.1) is 0 Å². The normalized spacial score (nSPS) is 15.5. The lowest BCUT2D eigenvalue weighted by Crippen LogP contribution is -1.96. The third kappa shape index (κ3) is 1.84. The van der Waals surface area contributed by atoms with Gasteiger partial charge in [-0.25, -0.2) is 0 Å². The molecule has 0 aromatic heterocycles. The average molecular weight is 200 g/mol. The van der Waals surface area contributed by atoms with Crippen molar-refractivity contribution in [2.24, 2.45) is 0 Å². The van der Waals surface area contributed by atoms with E-state index in [1.807, 2.05) is 18.2 Å². The standard InChI is InChI=1S/C13H12O2/c14-9-11-7-4-8-12(13(11)15)10-5-2-1-3-6-10/h2-10,15H,1H2. The van der Waals surface area contributed by atoms with Gasteiger partial charge in [0.25, 0.3) is 0 Å². The molecule has 1 N–H and O–H groups in total. The lowest BCUT2D eigenvalue weighted by molar-refractivity contribution is 0.112. The van der Waals surface area contributed by atoms with E-state index in [-0.39, 0.29) is 11.7 Å². The first kappa shape index (κ1) is 9.71. The Balaban J connectivity index is 2.43. The van der Waals surface area contributed by atoms with Gasteiger partial charge in [-0.3, -0.25) is 4.79 Å². The monoisotopic (exact) mass is 200 g/mol. The smallest absolute Gasteiger partial charge is 0.153 e. The van der Waals surface area contributed by atoms with Crippen LogP contribution in [0.1, 0.15) is 28.3 Å². The van der Waals surface area contributed by atoms with Crippen molar-refractivity contribution in [3.63, 3.8) is 0 Å². The maximum absolute atomic E-state index is 10.7. The van der Waals surface area contributed by atoms with E-state index in [4.69, 9.17) is 0 Å². The van der Waals surface area contributed by atoms with Crippen LogP contribution < -0.4 is 0 Å². The molecule has 0 radical (unpaired) electrons. The fraction of sp³-hybridized carbons (Fsp3) is 0.154. The molecule has 2 nitrogen and oxygen atoms in total. The Labute approximate surface area is 88.6 Å². The zero-order valence-electron chi connectivity index (χ0n) is 8.26. The number of phenols is 1. The summed E-state index contributed by atoms with van der Waals surface area (Å²) in [7, 11) is 0. The average Bonchev–Trinajstić information content (AvgIpc) is 2.30. The first-order valence-electron chi connectivity index (χ1n) is 4.93. The van der Waals surface area contributed by atoms with Crippen molar-refractivity contribution in [1.82, 2.24) is 0 Å². The molecular weight excluding hydrogens is 188 g/mol. The zero-order valence-corrected chi connectivity index (χ0v) is 8.26. The molecule has 0 unspecified atom stereocenters. The fourth-order valence-corrected chi connectivity index (χ4v) is 1.74. The molecule has 0 spiro atoms. The highest BCUT2D eigenvalue weighted by atomic mass is 16.3. The van der Waals surface area contributed by atoms with Crippen LogP contribution in [0.2, 0.25) is 0 Å². The topological polar surface area (TPSA) is 37.3 Å². The van der Waals surface area contributed by atoms with E-state index >= 15 is 0 Å². The number of hydrogen-bond donors (Lipinski definition) is 1. The highest BCUT2D eigenvalue weighted by molar-refractivity contribution is 5.80. The van der Waals surface area contributed by atoms with E-state index in [0.29, 0.717) is 11.8 Å². The molecule has 2 heteroatoms. The van der Waals surface area contributed by atoms with Crippen LogP contribution in [-0.2, 0) is 0 Å². The quantitative estimate of drug-likeness (QED) is 0.588. The van der Waals surface area contributed by atoms with Crippen LogP contribution in [0.15, 0.2) is 42.5 Å². The van der Waals surface area contributed by atoms with Gasteiger partial charge in [-0.2, -0.15) is 0 Å². The molecule has 1 aromatic rings. The van der Waals surface area contributed by atoms with Crippen molar-refractivity contribution in [1.29, 1.82) is 0 Å².